The molecule has 0 aromatic rings. The minimum atomic E-state index is -3.17. The van der Waals surface area contributed by atoms with Crippen LogP contribution in [0.4, 0.5) is 0 Å². The van der Waals surface area contributed by atoms with Crippen molar-refractivity contribution in [3.8, 4) is 0 Å². The summed E-state index contributed by atoms with van der Waals surface area (Å²) in [5, 5.41) is 246. The minimum absolute atomic E-state index is 0.889. The fourth-order valence-electron chi connectivity index (χ4n) is 10.8. The number of hydrogen-bond donors (Lipinski definition) is 24. The summed E-state index contributed by atoms with van der Waals surface area (Å²) in [6.45, 7) is -5.93. The number of carboxylic acids is 1. The van der Waals surface area contributed by atoms with E-state index in [1.54, 1.807) is 0 Å². The number of aliphatic hydroxyl groups is 22. The van der Waals surface area contributed by atoms with Crippen LogP contribution in [0.3, 0.4) is 0 Å². The van der Waals surface area contributed by atoms with Crippen molar-refractivity contribution in [3.63, 3.8) is 0 Å². The fourth-order valence-corrected chi connectivity index (χ4v) is 10.8. The van der Waals surface area contributed by atoms with Crippen LogP contribution in [0.5, 0.6) is 0 Å². The number of hydrogen-bond acceptors (Lipinski definition) is 37. The molecule has 7 rings (SSSR count). The topological polar surface area (TPSA) is 628 Å². The molecule has 0 spiro atoms. The zero-order valence-electron chi connectivity index (χ0n) is 44.4. The van der Waals surface area contributed by atoms with Gasteiger partial charge in [-0.15, -0.1) is 0 Å². The summed E-state index contributed by atoms with van der Waals surface area (Å²) in [4.78, 5) is 13.0. The van der Waals surface area contributed by atoms with Crippen LogP contribution in [-0.4, -0.2) is 384 Å². The average Bonchev–Trinajstić information content (AvgIpc) is 2.56. The van der Waals surface area contributed by atoms with Gasteiger partial charge in [-0.2, -0.15) is 0 Å². The largest absolute Gasteiger partial charge is 0.477 e. The molecule has 7 saturated heterocycles. The smallest absolute Gasteiger partial charge is 0.364 e. The van der Waals surface area contributed by atoms with Crippen molar-refractivity contribution in [1.29, 1.82) is 0 Å². The maximum Gasteiger partial charge on any atom is 0.364 e. The molecule has 0 amide bonds. The number of nitrogens with two attached hydrogens (primary N) is 1. The van der Waals surface area contributed by atoms with E-state index in [0.717, 1.165) is 0 Å². The number of aliphatic carboxylic acids is 1. The van der Waals surface area contributed by atoms with Gasteiger partial charge in [-0.3, -0.25) is 0 Å². The fraction of sp³-hybridized carbons (Fsp3) is 0.978. The molecule has 0 saturated carbocycles. The Balaban J connectivity index is 1.17. The maximum absolute atomic E-state index is 13.0. The van der Waals surface area contributed by atoms with Gasteiger partial charge in [0.25, 0.3) is 5.79 Å². The molecule has 7 aliphatic heterocycles. The lowest BCUT2D eigenvalue weighted by molar-refractivity contribution is -0.396. The zero-order valence-corrected chi connectivity index (χ0v) is 44.4. The lowest BCUT2D eigenvalue weighted by Crippen LogP contribution is -2.70. The molecule has 7 heterocycles. The van der Waals surface area contributed by atoms with Crippen molar-refractivity contribution < 1.29 is 184 Å². The summed E-state index contributed by atoms with van der Waals surface area (Å²) in [6.07, 6.45) is -66.7. The van der Waals surface area contributed by atoms with Crippen molar-refractivity contribution in [3.05, 3.63) is 0 Å². The van der Waals surface area contributed by atoms with Crippen LogP contribution in [0.15, 0.2) is 0 Å². The Bertz CT molecular complexity index is 2040. The summed E-state index contributed by atoms with van der Waals surface area (Å²) in [6, 6.07) is -1.64. The molecule has 7 aliphatic rings. The van der Waals surface area contributed by atoms with E-state index in [2.05, 4.69) is 0 Å². The quantitative estimate of drug-likeness (QED) is 0.0479. The first-order valence-electron chi connectivity index (χ1n) is 26.7. The minimum Gasteiger partial charge on any atom is -0.477 e. The Hall–Kier alpha value is -1.97. The van der Waals surface area contributed by atoms with Crippen molar-refractivity contribution in [2.24, 2.45) is 11.7 Å². The Morgan fingerprint density at radius 1 is 0.488 bits per heavy atom. The van der Waals surface area contributed by atoms with Gasteiger partial charge in [0.1, 0.15) is 153 Å². The number of carbonyl (C=O) groups is 1. The first-order chi connectivity index (χ1) is 39.6. The molecular formula is C46H79NO37. The second kappa shape index (κ2) is 29.3. The molecule has 490 valence electrons. The Labute approximate surface area is 474 Å². The molecule has 0 aromatic heterocycles. The van der Waals surface area contributed by atoms with E-state index in [1.807, 2.05) is 0 Å². The van der Waals surface area contributed by atoms with Crippen LogP contribution in [0.2, 0.25) is 0 Å². The number of rotatable bonds is 22. The summed E-state index contributed by atoms with van der Waals surface area (Å²) >= 11 is 0. The predicted molar refractivity (Wildman–Crippen MR) is 254 cm³/mol. The van der Waals surface area contributed by atoms with E-state index in [1.165, 1.54) is 6.92 Å². The van der Waals surface area contributed by atoms with Gasteiger partial charge < -0.3 is 185 Å². The highest BCUT2D eigenvalue weighted by atomic mass is 16.8. The van der Waals surface area contributed by atoms with E-state index >= 15 is 0 Å². The molecular weight excluding hydrogens is 1160 g/mol. The molecule has 0 aromatic carbocycles. The van der Waals surface area contributed by atoms with E-state index in [9.17, 15) is 122 Å². The van der Waals surface area contributed by atoms with Gasteiger partial charge in [0.2, 0.25) is 0 Å². The molecule has 0 bridgehead atoms. The lowest BCUT2D eigenvalue weighted by Gasteiger charge is -2.51. The monoisotopic (exact) mass is 1240 g/mol. The highest BCUT2D eigenvalue weighted by molar-refractivity contribution is 5.76. The van der Waals surface area contributed by atoms with Gasteiger partial charge >= 0.3 is 5.97 Å². The van der Waals surface area contributed by atoms with Crippen LogP contribution < -0.4 is 5.73 Å². The lowest BCUT2D eigenvalue weighted by atomic mass is 9.88. The molecule has 13 unspecified atom stereocenters. The summed E-state index contributed by atoms with van der Waals surface area (Å²) in [7, 11) is 0. The number of aliphatic hydroxyl groups excluding tert-OH is 22. The van der Waals surface area contributed by atoms with Gasteiger partial charge in [-0.1, -0.05) is 6.92 Å². The predicted octanol–water partition coefficient (Wildman–Crippen LogP) is -15.8. The first kappa shape index (κ1) is 69.5. The third-order valence-corrected chi connectivity index (χ3v) is 15.9. The van der Waals surface area contributed by atoms with Crippen molar-refractivity contribution in [1.82, 2.24) is 0 Å². The SMILES string of the molecule is C[C@H]1C(O)[C@H](O[C@@H]2O[C@@H](CO)[C@H](O)C(O[C@]3(C(=O)O)C[C@@H](O)[C@@H](N)C([C@H](O)[C@H](O)CO)O3)C2O)C(CO[C@@H]2OC(CO)[C@@H](O[C@@H]3OC(CO)[C@H](O)C(O)[C@@H]3O)C(O)[C@@H]2O)O[C@H]1OC1[C@@H](O)C(CO)O[C@@H](O[C@@H]2C(CO)O[C@@H](O)[C@@H](O)C2O)[C@H]1O. The molecule has 38 heteroatoms. The van der Waals surface area contributed by atoms with Crippen LogP contribution >= 0.6 is 0 Å². The summed E-state index contributed by atoms with van der Waals surface area (Å²) in [5.41, 5.74) is 5.98. The Kier molecular flexibility index (Phi) is 24.3. The maximum atomic E-state index is 13.0. The third-order valence-electron chi connectivity index (χ3n) is 15.9. The Morgan fingerprint density at radius 3 is 1.44 bits per heavy atom. The average molecular weight is 1240 g/mol. The molecule has 25 N–H and O–H groups in total. The second-order valence-electron chi connectivity index (χ2n) is 21.5. The molecule has 0 radical (unpaired) electrons. The van der Waals surface area contributed by atoms with E-state index in [4.69, 9.17) is 67.3 Å². The van der Waals surface area contributed by atoms with Gasteiger partial charge in [0, 0.05) is 12.3 Å². The zero-order chi connectivity index (χ0) is 62.1. The third kappa shape index (κ3) is 14.1. The summed E-state index contributed by atoms with van der Waals surface area (Å²) in [5.74, 6) is -6.70. The van der Waals surface area contributed by atoms with E-state index in [-0.39, 0.29) is 0 Å². The Morgan fingerprint density at radius 2 is 0.917 bits per heavy atom. The molecule has 0 aliphatic carbocycles. The molecule has 84 heavy (non-hydrogen) atoms. The van der Waals surface area contributed by atoms with E-state index < -0.39 is 279 Å². The second-order valence-corrected chi connectivity index (χ2v) is 21.5. The van der Waals surface area contributed by atoms with Crippen LogP contribution in [0, 0.1) is 5.92 Å². The van der Waals surface area contributed by atoms with Crippen LogP contribution in [-0.2, 0) is 66.4 Å². The highest BCUT2D eigenvalue weighted by Crippen LogP contribution is 2.41. The van der Waals surface area contributed by atoms with Crippen molar-refractivity contribution in [2.45, 2.75) is 228 Å². The van der Waals surface area contributed by atoms with Crippen LogP contribution in [0.25, 0.3) is 0 Å². The highest BCUT2D eigenvalue weighted by Gasteiger charge is 2.61. The van der Waals surface area contributed by atoms with E-state index in [0.29, 0.717) is 0 Å². The van der Waals surface area contributed by atoms with Crippen LogP contribution in [0.1, 0.15) is 13.3 Å². The van der Waals surface area contributed by atoms with Crippen molar-refractivity contribution in [2.75, 3.05) is 46.2 Å². The van der Waals surface area contributed by atoms with Gasteiger partial charge in [-0.05, 0) is 0 Å². The summed E-state index contributed by atoms with van der Waals surface area (Å²) < 4.78 is 74.2. The number of carboxylic acid groups (broad SMARTS) is 1. The normalized spacial score (nSPS) is 51.3. The van der Waals surface area contributed by atoms with Crippen molar-refractivity contribution >= 4 is 5.97 Å². The first-order valence-corrected chi connectivity index (χ1v) is 26.7. The molecule has 38 nitrogen and oxygen atoms in total. The standard InChI is InChI=1S/C46H79NO37/c1-10-20(56)35(81-44-32(68)38(24(60)15(6-51)76-44)84-46(45(70)71)2-11(54)19(47)36(83-46)21(57)12(55)3-48)18(9-72-41-30(66)27(63)34(17(8-53)77-41)79-42-29(65)25(61)22(58)13(4-49)74-42)78-40(10)82-37-23(59)14(5-50)75-43(31(37)67)80-33-16(7-52)73-39(69)28(64)26(33)62/h10-44,48-69H,2-9,47H2,1H3,(H,70,71)/t10-,11+,12+,13?,14?,15-,16?,17?,18?,19+,20?,21+,22-,23-,24-,25?,26?,27?,28-,29-,30-,31-,32?,33+,34+,35+,36?,37?,38?,39+,40-,41+,42-,43-,44-,46-/m0/s1. The van der Waals surface area contributed by atoms with Gasteiger partial charge in [0.15, 0.2) is 37.7 Å². The number of ether oxygens (including phenoxy) is 13. The molecule has 36 atom stereocenters. The van der Waals surface area contributed by atoms with Gasteiger partial charge in [0.05, 0.1) is 64.5 Å². The van der Waals surface area contributed by atoms with Gasteiger partial charge in [-0.25, -0.2) is 4.79 Å². The molecule has 7 fully saturated rings.